The van der Waals surface area contributed by atoms with E-state index < -0.39 is 11.6 Å². The topological polar surface area (TPSA) is 105 Å². The minimum absolute atomic E-state index is 0.209. The Balaban J connectivity index is 1.40. The SMILES string of the molecule is Cc1ncc(C(=O)N[C@]2(C)CC3(CCN(Cc4nccn4C)CC3)OC[C@H]2O)cn1. The van der Waals surface area contributed by atoms with Gasteiger partial charge in [0.2, 0.25) is 0 Å². The van der Waals surface area contributed by atoms with Crippen molar-refractivity contribution in [3.05, 3.63) is 42.0 Å². The maximum atomic E-state index is 12.7. The fourth-order valence-corrected chi connectivity index (χ4v) is 4.44. The van der Waals surface area contributed by atoms with Crippen LogP contribution in [0.2, 0.25) is 0 Å². The number of hydrogen-bond acceptors (Lipinski definition) is 7. The molecule has 2 aliphatic heterocycles. The summed E-state index contributed by atoms with van der Waals surface area (Å²) in [5.41, 5.74) is -0.731. The van der Waals surface area contributed by atoms with Gasteiger partial charge in [-0.15, -0.1) is 0 Å². The average Bonchev–Trinajstić information content (AvgIpc) is 3.12. The number of imidazole rings is 1. The van der Waals surface area contributed by atoms with E-state index in [0.717, 1.165) is 38.3 Å². The largest absolute Gasteiger partial charge is 0.388 e. The number of amides is 1. The lowest BCUT2D eigenvalue weighted by Gasteiger charge is -2.52. The maximum absolute atomic E-state index is 12.7. The summed E-state index contributed by atoms with van der Waals surface area (Å²) in [6, 6.07) is 0. The van der Waals surface area contributed by atoms with Crippen molar-refractivity contribution in [1.82, 2.24) is 29.7 Å². The van der Waals surface area contributed by atoms with E-state index in [-0.39, 0.29) is 18.1 Å². The molecule has 162 valence electrons. The van der Waals surface area contributed by atoms with Crippen LogP contribution in [0.5, 0.6) is 0 Å². The van der Waals surface area contributed by atoms with Gasteiger partial charge in [-0.3, -0.25) is 9.69 Å². The predicted octanol–water partition coefficient (Wildman–Crippen LogP) is 0.823. The molecule has 2 N–H and O–H groups in total. The number of nitrogens with one attached hydrogen (secondary N) is 1. The predicted molar refractivity (Wildman–Crippen MR) is 110 cm³/mol. The third-order valence-corrected chi connectivity index (χ3v) is 6.47. The Morgan fingerprint density at radius 3 is 2.63 bits per heavy atom. The summed E-state index contributed by atoms with van der Waals surface area (Å²) in [6.07, 6.45) is 8.29. The van der Waals surface area contributed by atoms with Gasteiger partial charge < -0.3 is 19.7 Å². The third kappa shape index (κ3) is 4.23. The summed E-state index contributed by atoms with van der Waals surface area (Å²) in [5, 5.41) is 13.7. The van der Waals surface area contributed by atoms with Crippen LogP contribution >= 0.6 is 0 Å². The van der Waals surface area contributed by atoms with Crippen molar-refractivity contribution in [3.8, 4) is 0 Å². The van der Waals surface area contributed by atoms with E-state index in [1.165, 1.54) is 12.4 Å². The second-order valence-corrected chi connectivity index (χ2v) is 8.81. The van der Waals surface area contributed by atoms with E-state index in [1.54, 1.807) is 6.92 Å². The first kappa shape index (κ1) is 20.9. The average molecular weight is 415 g/mol. The van der Waals surface area contributed by atoms with Crippen LogP contribution in [0.15, 0.2) is 24.8 Å². The standard InChI is InChI=1S/C21H30N6O3/c1-15-23-10-16(11-24-15)19(29)25-20(2)14-21(30-13-17(20)28)4-7-27(8-5-21)12-18-22-6-9-26(18)3/h6,9-11,17,28H,4-5,7-8,12-14H2,1-3H3,(H,25,29)/t17-,20-/m1/s1. The molecule has 30 heavy (non-hydrogen) atoms. The molecule has 0 bridgehead atoms. The number of carbonyl (C=O) groups excluding carboxylic acids is 1. The Morgan fingerprint density at radius 2 is 2.00 bits per heavy atom. The van der Waals surface area contributed by atoms with Gasteiger partial charge in [-0.05, 0) is 26.7 Å². The first-order valence-corrected chi connectivity index (χ1v) is 10.4. The van der Waals surface area contributed by atoms with Crippen molar-refractivity contribution in [2.24, 2.45) is 7.05 Å². The van der Waals surface area contributed by atoms with Gasteiger partial charge >= 0.3 is 0 Å². The number of piperidine rings is 1. The molecule has 1 amide bonds. The summed E-state index contributed by atoms with van der Waals surface area (Å²) in [5.74, 6) is 1.38. The number of likely N-dealkylation sites (tertiary alicyclic amines) is 1. The zero-order chi connectivity index (χ0) is 21.4. The molecule has 2 aromatic rings. The minimum Gasteiger partial charge on any atom is -0.388 e. The Kier molecular flexibility index (Phi) is 5.61. The molecule has 0 unspecified atom stereocenters. The van der Waals surface area contributed by atoms with E-state index in [1.807, 2.05) is 30.9 Å². The van der Waals surface area contributed by atoms with Gasteiger partial charge in [-0.25, -0.2) is 15.0 Å². The normalized spacial score (nSPS) is 26.6. The molecule has 4 rings (SSSR count). The van der Waals surface area contributed by atoms with Gasteiger partial charge in [0.1, 0.15) is 17.8 Å². The number of rotatable bonds is 4. The fourth-order valence-electron chi connectivity index (χ4n) is 4.44. The fraction of sp³-hybridized carbons (Fsp3) is 0.619. The first-order chi connectivity index (χ1) is 14.3. The number of hydrogen-bond donors (Lipinski definition) is 2. The zero-order valence-electron chi connectivity index (χ0n) is 17.8. The summed E-state index contributed by atoms with van der Waals surface area (Å²) in [4.78, 5) is 27.7. The number of aliphatic hydroxyl groups excluding tert-OH is 1. The molecule has 9 nitrogen and oxygen atoms in total. The highest BCUT2D eigenvalue weighted by molar-refractivity contribution is 5.94. The number of aliphatic hydroxyl groups is 1. The molecular weight excluding hydrogens is 384 g/mol. The van der Waals surface area contributed by atoms with Crippen molar-refractivity contribution in [2.75, 3.05) is 19.7 Å². The van der Waals surface area contributed by atoms with E-state index in [0.29, 0.717) is 17.8 Å². The molecule has 2 atom stereocenters. The number of nitrogens with zero attached hydrogens (tertiary/aromatic N) is 5. The number of aromatic nitrogens is 4. The van der Waals surface area contributed by atoms with Gasteiger partial charge in [0, 0.05) is 51.3 Å². The Labute approximate surface area is 176 Å². The first-order valence-electron chi connectivity index (χ1n) is 10.4. The van der Waals surface area contributed by atoms with Crippen LogP contribution in [0.4, 0.5) is 0 Å². The highest BCUT2D eigenvalue weighted by Gasteiger charge is 2.50. The summed E-state index contributed by atoms with van der Waals surface area (Å²) in [7, 11) is 2.01. The van der Waals surface area contributed by atoms with Crippen molar-refractivity contribution in [1.29, 1.82) is 0 Å². The van der Waals surface area contributed by atoms with E-state index in [4.69, 9.17) is 4.74 Å². The highest BCUT2D eigenvalue weighted by atomic mass is 16.5. The monoisotopic (exact) mass is 414 g/mol. The number of aryl methyl sites for hydroxylation is 2. The quantitative estimate of drug-likeness (QED) is 0.763. The minimum atomic E-state index is -0.776. The molecule has 2 fully saturated rings. The van der Waals surface area contributed by atoms with Gasteiger partial charge in [-0.2, -0.15) is 0 Å². The van der Waals surface area contributed by atoms with Crippen LogP contribution in [0, 0.1) is 6.92 Å². The van der Waals surface area contributed by atoms with Crippen LogP contribution in [0.1, 0.15) is 48.2 Å². The molecule has 1 spiro atoms. The lowest BCUT2D eigenvalue weighted by molar-refractivity contribution is -0.177. The molecular formula is C21H30N6O3. The van der Waals surface area contributed by atoms with E-state index >= 15 is 0 Å². The zero-order valence-corrected chi connectivity index (χ0v) is 17.8. The van der Waals surface area contributed by atoms with Crippen LogP contribution in [0.3, 0.4) is 0 Å². The van der Waals surface area contributed by atoms with Crippen LogP contribution in [-0.2, 0) is 18.3 Å². The molecule has 2 aromatic heterocycles. The second kappa shape index (κ2) is 8.05. The highest BCUT2D eigenvalue weighted by Crippen LogP contribution is 2.40. The molecule has 2 saturated heterocycles. The molecule has 0 aromatic carbocycles. The van der Waals surface area contributed by atoms with Gasteiger partial charge in [0.15, 0.2) is 0 Å². The third-order valence-electron chi connectivity index (χ3n) is 6.47. The summed E-state index contributed by atoms with van der Waals surface area (Å²) < 4.78 is 8.19. The number of carbonyl (C=O) groups is 1. The lowest BCUT2D eigenvalue weighted by atomic mass is 9.74. The molecule has 0 saturated carbocycles. The van der Waals surface area contributed by atoms with Crippen molar-refractivity contribution in [3.63, 3.8) is 0 Å². The van der Waals surface area contributed by atoms with Crippen molar-refractivity contribution in [2.45, 2.75) is 56.9 Å². The van der Waals surface area contributed by atoms with Crippen LogP contribution in [-0.4, -0.2) is 72.4 Å². The van der Waals surface area contributed by atoms with Crippen LogP contribution < -0.4 is 5.32 Å². The molecule has 0 aliphatic carbocycles. The Hall–Kier alpha value is -2.36. The lowest BCUT2D eigenvalue weighted by Crippen LogP contribution is -2.65. The molecule has 9 heteroatoms. The second-order valence-electron chi connectivity index (χ2n) is 8.81. The smallest absolute Gasteiger partial charge is 0.254 e. The Morgan fingerprint density at radius 1 is 1.30 bits per heavy atom. The molecule has 4 heterocycles. The van der Waals surface area contributed by atoms with Gasteiger partial charge in [0.25, 0.3) is 5.91 Å². The maximum Gasteiger partial charge on any atom is 0.254 e. The number of ether oxygens (including phenoxy) is 1. The molecule has 0 radical (unpaired) electrons. The van der Waals surface area contributed by atoms with E-state index in [9.17, 15) is 9.90 Å². The van der Waals surface area contributed by atoms with Gasteiger partial charge in [-0.1, -0.05) is 0 Å². The summed E-state index contributed by atoms with van der Waals surface area (Å²) in [6.45, 7) is 6.46. The summed E-state index contributed by atoms with van der Waals surface area (Å²) >= 11 is 0. The van der Waals surface area contributed by atoms with Crippen molar-refractivity contribution < 1.29 is 14.6 Å². The van der Waals surface area contributed by atoms with Crippen molar-refractivity contribution >= 4 is 5.91 Å². The Bertz CT molecular complexity index is 890. The van der Waals surface area contributed by atoms with Gasteiger partial charge in [0.05, 0.1) is 29.9 Å². The van der Waals surface area contributed by atoms with E-state index in [2.05, 4.69) is 25.2 Å². The van der Waals surface area contributed by atoms with Crippen LogP contribution in [0.25, 0.3) is 0 Å². The molecule has 2 aliphatic rings.